The number of aliphatic hydroxyl groups excluding tert-OH is 2. The molecule has 0 saturated carbocycles. The van der Waals surface area contributed by atoms with Crippen molar-refractivity contribution in [1.82, 2.24) is 0 Å². The second-order valence-corrected chi connectivity index (χ2v) is 38.1. The lowest BCUT2D eigenvalue weighted by atomic mass is 9.81. The molecule has 1 spiro atoms. The minimum atomic E-state index is -2.16. The van der Waals surface area contributed by atoms with Crippen molar-refractivity contribution in [2.75, 3.05) is 13.7 Å². The molecule has 18 atom stereocenters. The highest BCUT2D eigenvalue weighted by Gasteiger charge is 2.54. The largest absolute Gasteiger partial charge is 0.414 e. The van der Waals surface area contributed by atoms with Crippen LogP contribution in [0.5, 0.6) is 0 Å². The molecular formula is C59H108O12Si3. The average Bonchev–Trinajstić information content (AvgIpc) is 4.05. The molecule has 12 nitrogen and oxygen atoms in total. The fourth-order valence-electron chi connectivity index (χ4n) is 14.0. The van der Waals surface area contributed by atoms with Crippen LogP contribution in [0.2, 0.25) is 54.4 Å². The Labute approximate surface area is 453 Å². The van der Waals surface area contributed by atoms with Crippen molar-refractivity contribution in [3.8, 4) is 0 Å². The van der Waals surface area contributed by atoms with Crippen molar-refractivity contribution < 1.29 is 56.6 Å². The summed E-state index contributed by atoms with van der Waals surface area (Å²) in [6.45, 7) is 36.7. The highest BCUT2D eigenvalue weighted by atomic mass is 28.4. The van der Waals surface area contributed by atoms with E-state index < -0.39 is 55.2 Å². The van der Waals surface area contributed by atoms with E-state index in [2.05, 4.69) is 101 Å². The van der Waals surface area contributed by atoms with Crippen LogP contribution >= 0.6 is 0 Å². The van der Waals surface area contributed by atoms with Gasteiger partial charge < -0.3 is 56.6 Å². The van der Waals surface area contributed by atoms with Crippen LogP contribution in [-0.2, 0) is 46.4 Å². The van der Waals surface area contributed by atoms with Crippen molar-refractivity contribution in [1.29, 1.82) is 0 Å². The van der Waals surface area contributed by atoms with Crippen LogP contribution in [0, 0.1) is 11.8 Å². The summed E-state index contributed by atoms with van der Waals surface area (Å²) < 4.78 is 70.7. The van der Waals surface area contributed by atoms with Gasteiger partial charge in [-0.05, 0) is 137 Å². The zero-order chi connectivity index (χ0) is 54.0. The number of methoxy groups -OCH3 is 1. The van der Waals surface area contributed by atoms with E-state index in [-0.39, 0.29) is 79.0 Å². The summed E-state index contributed by atoms with van der Waals surface area (Å²) in [5.41, 5.74) is 2.23. The van der Waals surface area contributed by atoms with Crippen LogP contribution in [0.15, 0.2) is 36.5 Å². The molecule has 7 bridgehead atoms. The molecule has 5 saturated heterocycles. The molecule has 15 heteroatoms. The Balaban J connectivity index is 1.34. The van der Waals surface area contributed by atoms with E-state index in [0.29, 0.717) is 51.6 Å². The number of hydrogen-bond donors (Lipinski definition) is 2. The molecular weight excluding hydrogens is 985 g/mol. The minimum absolute atomic E-state index is 0.0271. The lowest BCUT2D eigenvalue weighted by Gasteiger charge is -2.42. The third-order valence-electron chi connectivity index (χ3n) is 19.7. The monoisotopic (exact) mass is 1090 g/mol. The molecule has 0 aliphatic carbocycles. The molecule has 10 unspecified atom stereocenters. The number of hydrogen-bond acceptors (Lipinski definition) is 12. The highest BCUT2D eigenvalue weighted by Crippen LogP contribution is 2.46. The predicted octanol–water partition coefficient (Wildman–Crippen LogP) is 12.7. The molecule has 6 rings (SSSR count). The smallest absolute Gasteiger partial charge is 0.192 e. The van der Waals surface area contributed by atoms with Crippen LogP contribution < -0.4 is 0 Å². The first kappa shape index (κ1) is 62.6. The topological polar surface area (TPSA) is 133 Å². The van der Waals surface area contributed by atoms with E-state index >= 15 is 0 Å². The van der Waals surface area contributed by atoms with Crippen LogP contribution in [0.25, 0.3) is 0 Å². The zero-order valence-corrected chi connectivity index (χ0v) is 51.9. The highest BCUT2D eigenvalue weighted by molar-refractivity contribution is 6.74. The molecule has 6 aliphatic rings. The average molecular weight is 1090 g/mol. The Morgan fingerprint density at radius 2 is 1.31 bits per heavy atom. The summed E-state index contributed by atoms with van der Waals surface area (Å²) in [5, 5.41) is 23.8. The molecule has 0 amide bonds. The van der Waals surface area contributed by atoms with Gasteiger partial charge in [0, 0.05) is 38.7 Å². The van der Waals surface area contributed by atoms with Gasteiger partial charge in [0.15, 0.2) is 30.7 Å². The van der Waals surface area contributed by atoms with Crippen molar-refractivity contribution in [2.45, 2.75) is 312 Å². The third kappa shape index (κ3) is 15.0. The van der Waals surface area contributed by atoms with Gasteiger partial charge in [0.05, 0.1) is 92.1 Å². The lowest BCUT2D eigenvalue weighted by molar-refractivity contribution is -0.262. The van der Waals surface area contributed by atoms with Gasteiger partial charge in [-0.3, -0.25) is 0 Å². The van der Waals surface area contributed by atoms with Gasteiger partial charge in [-0.15, -0.1) is 0 Å². The van der Waals surface area contributed by atoms with Crippen LogP contribution in [0.1, 0.15) is 160 Å². The fourth-order valence-corrected chi connectivity index (χ4v) is 22.5. The van der Waals surface area contributed by atoms with E-state index in [1.807, 2.05) is 14.0 Å². The van der Waals surface area contributed by atoms with Gasteiger partial charge in [-0.2, -0.15) is 0 Å². The standard InChI is InChI=1S/C59H108O12Si3/c1-16-72(17-2,18-3)63-39-48(70-73(19-4,20-5)21-6)36-55-58(62-15)49-35-45(60)27-25-26-28-52-57(71-74(22-7,23-8)24-9)44(14)68-59(38-50(61)56(69-59)43(13)64-52)32-31-47-34-41(11)51(65-47)30-29-46-33-40(10)42(12)53(66-46)37-54(49)67-55/h25-26,40,43-58,60-61H,11-12,16-24,27-39H2,1-10,13-15H3/b26-25+/t40?,43-,44-,45?,46+,47?,48+,49?,50?,51?,52?,53-,54?,55?,56-,57?,58-,59-/m1/s1. The zero-order valence-electron chi connectivity index (χ0n) is 48.9. The van der Waals surface area contributed by atoms with E-state index in [4.69, 9.17) is 46.4 Å². The van der Waals surface area contributed by atoms with Crippen molar-refractivity contribution in [3.05, 3.63) is 36.5 Å². The molecule has 2 N–H and O–H groups in total. The molecule has 6 aliphatic heterocycles. The minimum Gasteiger partial charge on any atom is -0.414 e. The SMILES string of the molecule is C=C1CC2CC[C@]34CC(O)[C@H](O3)[C@@H](C)OC(C/C=C/CC(O)CC3C(C[C@H]5O[C@@H](CCC1O2)CC(C)C5=C)OC(C[C@@H](CO[Si](CC)(CC)CC)O[Si](CC)(CC)CC)[C@@H]3OC)C(O[Si](CC)(CC)CC)[C@@H](C)O4. The number of fused-ring (bicyclic) bond motifs is 9. The maximum Gasteiger partial charge on any atom is 0.192 e. The van der Waals surface area contributed by atoms with Gasteiger partial charge in [0.25, 0.3) is 0 Å². The van der Waals surface area contributed by atoms with Gasteiger partial charge in [0.1, 0.15) is 6.10 Å². The molecule has 0 aromatic heterocycles. The van der Waals surface area contributed by atoms with Crippen LogP contribution in [-0.4, -0.2) is 146 Å². The molecule has 428 valence electrons. The van der Waals surface area contributed by atoms with Crippen LogP contribution in [0.3, 0.4) is 0 Å². The van der Waals surface area contributed by atoms with E-state index in [0.717, 1.165) is 97.6 Å². The first-order valence-electron chi connectivity index (χ1n) is 30.2. The molecule has 6 heterocycles. The summed E-state index contributed by atoms with van der Waals surface area (Å²) in [6.07, 6.45) is 7.57. The molecule has 0 aromatic rings. The quantitative estimate of drug-likeness (QED) is 0.0942. The Morgan fingerprint density at radius 3 is 1.95 bits per heavy atom. The molecule has 0 aromatic carbocycles. The summed E-state index contributed by atoms with van der Waals surface area (Å²) in [7, 11) is -4.28. The number of aliphatic hydroxyl groups is 2. The first-order valence-corrected chi connectivity index (χ1v) is 37.8. The number of rotatable bonds is 19. The first-order chi connectivity index (χ1) is 35.4. The second-order valence-electron chi connectivity index (χ2n) is 23.9. The van der Waals surface area contributed by atoms with Crippen molar-refractivity contribution in [2.24, 2.45) is 11.8 Å². The Kier molecular flexibility index (Phi) is 23.8. The normalized spacial score (nSPS) is 39.1. The van der Waals surface area contributed by atoms with E-state index in [1.54, 1.807) is 0 Å². The van der Waals surface area contributed by atoms with E-state index in [1.165, 1.54) is 0 Å². The van der Waals surface area contributed by atoms with Crippen LogP contribution in [0.4, 0.5) is 0 Å². The maximum atomic E-state index is 12.2. The lowest BCUT2D eigenvalue weighted by Crippen LogP contribution is -2.52. The van der Waals surface area contributed by atoms with Gasteiger partial charge in [0.2, 0.25) is 0 Å². The number of ether oxygens (including phenoxy) is 7. The third-order valence-corrected chi connectivity index (χ3v) is 33.7. The van der Waals surface area contributed by atoms with Gasteiger partial charge in [-0.25, -0.2) is 0 Å². The second kappa shape index (κ2) is 28.2. The van der Waals surface area contributed by atoms with Gasteiger partial charge in [-0.1, -0.05) is 94.5 Å². The van der Waals surface area contributed by atoms with Crippen molar-refractivity contribution in [3.63, 3.8) is 0 Å². The fraction of sp³-hybridized carbons (Fsp3) is 0.898. The van der Waals surface area contributed by atoms with Crippen molar-refractivity contribution >= 4 is 25.0 Å². The van der Waals surface area contributed by atoms with Gasteiger partial charge >= 0.3 is 0 Å². The maximum absolute atomic E-state index is 12.2. The Morgan fingerprint density at radius 1 is 0.676 bits per heavy atom. The Bertz CT molecular complexity index is 1730. The molecule has 0 radical (unpaired) electrons. The molecule has 5 fully saturated rings. The summed E-state index contributed by atoms with van der Waals surface area (Å²) in [5.74, 6) is -0.821. The molecule has 74 heavy (non-hydrogen) atoms. The predicted molar refractivity (Wildman–Crippen MR) is 304 cm³/mol. The summed E-state index contributed by atoms with van der Waals surface area (Å²) in [6, 6.07) is 9.43. The summed E-state index contributed by atoms with van der Waals surface area (Å²) >= 11 is 0. The van der Waals surface area contributed by atoms with E-state index in [9.17, 15) is 10.2 Å². The summed E-state index contributed by atoms with van der Waals surface area (Å²) in [4.78, 5) is 0. The Hall–Kier alpha value is -0.609.